The van der Waals surface area contributed by atoms with Crippen molar-refractivity contribution in [3.05, 3.63) is 29.4 Å². The summed E-state index contributed by atoms with van der Waals surface area (Å²) < 4.78 is 4.93. The van der Waals surface area contributed by atoms with Crippen LogP contribution in [0.25, 0.3) is 0 Å². The lowest BCUT2D eigenvalue weighted by Crippen LogP contribution is -2.29. The molecule has 2 heterocycles. The average Bonchev–Trinajstić information content (AvgIpc) is 2.72. The van der Waals surface area contributed by atoms with Crippen LogP contribution in [0.5, 0.6) is 0 Å². The minimum absolute atomic E-state index is 0.138. The number of rotatable bonds is 1. The highest BCUT2D eigenvalue weighted by Gasteiger charge is 2.21. The number of nitrogens with zero attached hydrogens (tertiary/aromatic N) is 2. The van der Waals surface area contributed by atoms with Gasteiger partial charge in [0.1, 0.15) is 0 Å². The maximum Gasteiger partial charge on any atom is 0.290 e. The summed E-state index contributed by atoms with van der Waals surface area (Å²) in [5, 5.41) is 11.7. The number of carbonyl (C=O) groups excluding carboxylic acids is 1. The SMILES string of the molecule is O=C(c1ccco1)N1CCN([O-])C1. The summed E-state index contributed by atoms with van der Waals surface area (Å²) in [5.74, 6) is 0.0682. The van der Waals surface area contributed by atoms with E-state index in [9.17, 15) is 10.0 Å². The van der Waals surface area contributed by atoms with E-state index in [1.54, 1.807) is 12.1 Å². The minimum atomic E-state index is -0.219. The van der Waals surface area contributed by atoms with Crippen LogP contribution in [-0.2, 0) is 0 Å². The Hall–Kier alpha value is -1.33. The van der Waals surface area contributed by atoms with Crippen molar-refractivity contribution in [1.29, 1.82) is 0 Å². The molecule has 13 heavy (non-hydrogen) atoms. The van der Waals surface area contributed by atoms with Gasteiger partial charge in [-0.2, -0.15) is 0 Å². The second kappa shape index (κ2) is 3.20. The molecule has 0 atom stereocenters. The Morgan fingerprint density at radius 2 is 2.38 bits per heavy atom. The molecule has 1 aliphatic rings. The zero-order chi connectivity index (χ0) is 9.26. The Morgan fingerprint density at radius 1 is 1.54 bits per heavy atom. The monoisotopic (exact) mass is 181 g/mol. The fourth-order valence-corrected chi connectivity index (χ4v) is 1.29. The van der Waals surface area contributed by atoms with Crippen LogP contribution in [0.15, 0.2) is 22.8 Å². The molecule has 0 N–H and O–H groups in total. The van der Waals surface area contributed by atoms with E-state index in [2.05, 4.69) is 0 Å². The first-order valence-electron chi connectivity index (χ1n) is 4.02. The van der Waals surface area contributed by atoms with Crippen LogP contribution >= 0.6 is 0 Å². The highest BCUT2D eigenvalue weighted by Crippen LogP contribution is 2.09. The van der Waals surface area contributed by atoms with E-state index < -0.39 is 0 Å². The van der Waals surface area contributed by atoms with E-state index >= 15 is 0 Å². The highest BCUT2D eigenvalue weighted by atomic mass is 16.5. The number of amides is 1. The van der Waals surface area contributed by atoms with Crippen LogP contribution in [0.4, 0.5) is 0 Å². The molecule has 0 aliphatic carbocycles. The summed E-state index contributed by atoms with van der Waals surface area (Å²) in [6.45, 7) is 0.995. The summed E-state index contributed by atoms with van der Waals surface area (Å²) in [6, 6.07) is 3.24. The summed E-state index contributed by atoms with van der Waals surface area (Å²) >= 11 is 0. The predicted molar refractivity (Wildman–Crippen MR) is 44.7 cm³/mol. The fourth-order valence-electron chi connectivity index (χ4n) is 1.29. The van der Waals surface area contributed by atoms with E-state index in [1.165, 1.54) is 11.2 Å². The predicted octanol–water partition coefficient (Wildman–Crippen LogP) is 0.493. The minimum Gasteiger partial charge on any atom is -0.784 e. The molecule has 1 fully saturated rings. The second-order valence-electron chi connectivity index (χ2n) is 2.89. The summed E-state index contributed by atoms with van der Waals surface area (Å²) in [7, 11) is 0. The van der Waals surface area contributed by atoms with Crippen molar-refractivity contribution in [2.45, 2.75) is 0 Å². The van der Waals surface area contributed by atoms with Gasteiger partial charge in [0.25, 0.3) is 5.91 Å². The first kappa shape index (κ1) is 8.28. The number of hydrogen-bond donors (Lipinski definition) is 0. The molecule has 1 aromatic rings. The van der Waals surface area contributed by atoms with Gasteiger partial charge in [-0.1, -0.05) is 0 Å². The van der Waals surface area contributed by atoms with Gasteiger partial charge < -0.3 is 19.6 Å². The van der Waals surface area contributed by atoms with E-state index in [0.717, 1.165) is 5.06 Å². The Labute approximate surface area is 75.1 Å². The number of hydrogen-bond acceptors (Lipinski definition) is 4. The molecule has 70 valence electrons. The Kier molecular flexibility index (Phi) is 2.03. The zero-order valence-corrected chi connectivity index (χ0v) is 6.97. The molecule has 0 aromatic carbocycles. The molecule has 1 aliphatic heterocycles. The topological polar surface area (TPSA) is 59.8 Å². The summed E-state index contributed by atoms with van der Waals surface area (Å²) in [6.07, 6.45) is 1.44. The third kappa shape index (κ3) is 1.56. The van der Waals surface area contributed by atoms with Crippen LogP contribution < -0.4 is 0 Å². The smallest absolute Gasteiger partial charge is 0.290 e. The molecule has 0 spiro atoms. The number of carbonyl (C=O) groups is 1. The van der Waals surface area contributed by atoms with E-state index in [4.69, 9.17) is 4.42 Å². The maximum absolute atomic E-state index is 11.5. The zero-order valence-electron chi connectivity index (χ0n) is 6.97. The largest absolute Gasteiger partial charge is 0.784 e. The maximum atomic E-state index is 11.5. The van der Waals surface area contributed by atoms with Gasteiger partial charge in [-0.25, -0.2) is 0 Å². The molecule has 2 rings (SSSR count). The van der Waals surface area contributed by atoms with Crippen molar-refractivity contribution in [1.82, 2.24) is 9.96 Å². The molecule has 0 unspecified atom stereocenters. The first-order chi connectivity index (χ1) is 6.27. The van der Waals surface area contributed by atoms with Crippen LogP contribution in [-0.4, -0.2) is 35.6 Å². The molecular formula is C8H9N2O3-. The molecule has 0 radical (unpaired) electrons. The molecule has 0 saturated carbocycles. The van der Waals surface area contributed by atoms with Crippen molar-refractivity contribution in [2.24, 2.45) is 0 Å². The quantitative estimate of drug-likeness (QED) is 0.632. The van der Waals surface area contributed by atoms with Gasteiger partial charge in [0.2, 0.25) is 0 Å². The molecular weight excluding hydrogens is 172 g/mol. The number of furan rings is 1. The standard InChI is InChI=1S/C8H9N2O3/c11-8(7-2-1-5-13-7)9-3-4-10(12)6-9/h1-2,5H,3-4,6H2/q-1. The van der Waals surface area contributed by atoms with Crippen molar-refractivity contribution in [3.63, 3.8) is 0 Å². The third-order valence-electron chi connectivity index (χ3n) is 1.97. The van der Waals surface area contributed by atoms with Crippen molar-refractivity contribution in [2.75, 3.05) is 19.8 Å². The Bertz CT molecular complexity index is 296. The molecule has 1 saturated heterocycles. The average molecular weight is 181 g/mol. The Balaban J connectivity index is 2.06. The molecule has 1 aromatic heterocycles. The second-order valence-corrected chi connectivity index (χ2v) is 2.89. The van der Waals surface area contributed by atoms with Gasteiger partial charge in [0.05, 0.1) is 12.9 Å². The lowest BCUT2D eigenvalue weighted by Gasteiger charge is -2.21. The summed E-state index contributed by atoms with van der Waals surface area (Å²) in [4.78, 5) is 13.0. The lowest BCUT2D eigenvalue weighted by molar-refractivity contribution is 0.0744. The van der Waals surface area contributed by atoms with E-state index in [0.29, 0.717) is 13.1 Å². The third-order valence-corrected chi connectivity index (χ3v) is 1.97. The van der Waals surface area contributed by atoms with Gasteiger partial charge in [-0.3, -0.25) is 4.79 Å². The first-order valence-corrected chi connectivity index (χ1v) is 4.02. The van der Waals surface area contributed by atoms with Crippen molar-refractivity contribution in [3.8, 4) is 0 Å². The molecule has 0 bridgehead atoms. The van der Waals surface area contributed by atoms with Crippen LogP contribution in [0.2, 0.25) is 0 Å². The van der Waals surface area contributed by atoms with Crippen molar-refractivity contribution >= 4 is 5.91 Å². The highest BCUT2D eigenvalue weighted by molar-refractivity contribution is 5.91. The normalized spacial score (nSPS) is 18.1. The fraction of sp³-hybridized carbons (Fsp3) is 0.375. The molecule has 5 nitrogen and oxygen atoms in total. The van der Waals surface area contributed by atoms with E-state index in [-0.39, 0.29) is 18.3 Å². The van der Waals surface area contributed by atoms with Gasteiger partial charge in [-0.15, -0.1) is 0 Å². The van der Waals surface area contributed by atoms with Crippen molar-refractivity contribution < 1.29 is 9.21 Å². The Morgan fingerprint density at radius 3 is 2.92 bits per heavy atom. The lowest BCUT2D eigenvalue weighted by atomic mass is 10.4. The van der Waals surface area contributed by atoms with Gasteiger partial charge in [0, 0.05) is 13.1 Å². The number of hydroxylamine groups is 2. The molecule has 5 heteroatoms. The van der Waals surface area contributed by atoms with Gasteiger partial charge in [-0.05, 0) is 12.1 Å². The van der Waals surface area contributed by atoms with E-state index in [1.807, 2.05) is 0 Å². The van der Waals surface area contributed by atoms with Crippen LogP contribution in [0, 0.1) is 5.21 Å². The van der Waals surface area contributed by atoms with Crippen LogP contribution in [0.1, 0.15) is 10.6 Å². The summed E-state index contributed by atoms with van der Waals surface area (Å²) in [5.41, 5.74) is 0. The molecule has 1 amide bonds. The van der Waals surface area contributed by atoms with Gasteiger partial charge in [0.15, 0.2) is 5.76 Å². The van der Waals surface area contributed by atoms with Gasteiger partial charge >= 0.3 is 0 Å². The van der Waals surface area contributed by atoms with Crippen LogP contribution in [0.3, 0.4) is 0 Å².